The molecule has 2 aromatic rings. The van der Waals surface area contributed by atoms with E-state index < -0.39 is 10.0 Å². The fourth-order valence-electron chi connectivity index (χ4n) is 4.73. The first-order valence-electron chi connectivity index (χ1n) is 9.81. The van der Waals surface area contributed by atoms with Gasteiger partial charge < -0.3 is 10.2 Å². The Morgan fingerprint density at radius 3 is 2.39 bits per heavy atom. The number of anilines is 1. The minimum atomic E-state index is -3.93. The Balaban J connectivity index is 1.65. The lowest BCUT2D eigenvalue weighted by Gasteiger charge is -2.39. The molecule has 0 atom stereocenters. The fraction of sp³-hybridized carbons (Fsp3) is 0.611. The first-order chi connectivity index (χ1) is 13.4. The number of aryl methyl sites for hydroxylation is 1. The number of aromatic amines is 1. The van der Waals surface area contributed by atoms with E-state index in [-0.39, 0.29) is 4.90 Å². The van der Waals surface area contributed by atoms with E-state index in [2.05, 4.69) is 30.8 Å². The molecule has 0 bridgehead atoms. The van der Waals surface area contributed by atoms with Crippen molar-refractivity contribution in [3.05, 3.63) is 17.7 Å². The second-order valence-corrected chi connectivity index (χ2v) is 9.31. The molecule has 2 aliphatic rings. The van der Waals surface area contributed by atoms with E-state index in [9.17, 15) is 8.42 Å². The van der Waals surface area contributed by atoms with Gasteiger partial charge in [0.05, 0.1) is 10.5 Å². The zero-order valence-corrected chi connectivity index (χ0v) is 16.9. The third-order valence-corrected chi connectivity index (χ3v) is 7.23. The highest BCUT2D eigenvalue weighted by Gasteiger charge is 2.31. The van der Waals surface area contributed by atoms with Crippen LogP contribution >= 0.6 is 0 Å². The van der Waals surface area contributed by atoms with Gasteiger partial charge >= 0.3 is 0 Å². The molecule has 0 amide bonds. The van der Waals surface area contributed by atoms with Crippen LogP contribution in [0.1, 0.15) is 31.2 Å². The van der Waals surface area contributed by atoms with Crippen molar-refractivity contribution in [1.29, 1.82) is 0 Å². The van der Waals surface area contributed by atoms with Gasteiger partial charge in [0.25, 0.3) is 0 Å². The standard InChI is InChI=1S/C18H27N7O2S/c1-12-2-3-15(16(17(12)28(19,26)27)18-21-23-24-22-18)25-10-6-14(7-11-25)13-4-8-20-9-5-13/h2-3,13-14,20H,4-11H2,1H3,(H2,19,26,27)(H,21,22,23,24). The SMILES string of the molecule is Cc1ccc(N2CCC(C3CCNCC3)CC2)c(-c2nnn[nH]2)c1S(N)(=O)=O. The molecule has 1 aromatic carbocycles. The summed E-state index contributed by atoms with van der Waals surface area (Å²) in [6.07, 6.45) is 4.72. The van der Waals surface area contributed by atoms with Crippen molar-refractivity contribution in [1.82, 2.24) is 25.9 Å². The van der Waals surface area contributed by atoms with Crippen LogP contribution in [-0.2, 0) is 10.0 Å². The van der Waals surface area contributed by atoms with Gasteiger partial charge in [-0.15, -0.1) is 5.10 Å². The molecule has 0 aliphatic carbocycles. The van der Waals surface area contributed by atoms with Gasteiger partial charge in [-0.25, -0.2) is 18.7 Å². The molecule has 0 spiro atoms. The summed E-state index contributed by atoms with van der Waals surface area (Å²) in [6, 6.07) is 3.76. The summed E-state index contributed by atoms with van der Waals surface area (Å²) in [5, 5.41) is 22.9. The van der Waals surface area contributed by atoms with Crippen LogP contribution in [0, 0.1) is 18.8 Å². The van der Waals surface area contributed by atoms with Gasteiger partial charge in [0.1, 0.15) is 0 Å². The zero-order chi connectivity index (χ0) is 19.7. The van der Waals surface area contributed by atoms with Crippen molar-refractivity contribution in [3.8, 4) is 11.4 Å². The van der Waals surface area contributed by atoms with Crippen LogP contribution in [0.5, 0.6) is 0 Å². The Morgan fingerprint density at radius 1 is 1.11 bits per heavy atom. The van der Waals surface area contributed by atoms with Gasteiger partial charge in [-0.3, -0.25) is 0 Å². The summed E-state index contributed by atoms with van der Waals surface area (Å²) in [5.74, 6) is 1.85. The number of primary sulfonamides is 1. The molecule has 2 saturated heterocycles. The van der Waals surface area contributed by atoms with Gasteiger partial charge in [-0.2, -0.15) is 0 Å². The van der Waals surface area contributed by atoms with Crippen LogP contribution in [0.3, 0.4) is 0 Å². The number of hydrogen-bond donors (Lipinski definition) is 3. The van der Waals surface area contributed by atoms with E-state index in [1.807, 2.05) is 6.07 Å². The number of nitrogens with one attached hydrogen (secondary N) is 2. The Labute approximate surface area is 165 Å². The Hall–Kier alpha value is -2.04. The minimum absolute atomic E-state index is 0.0871. The van der Waals surface area contributed by atoms with Crippen LogP contribution in [-0.4, -0.2) is 55.2 Å². The maximum absolute atomic E-state index is 12.3. The topological polar surface area (TPSA) is 130 Å². The Morgan fingerprint density at radius 2 is 1.79 bits per heavy atom. The van der Waals surface area contributed by atoms with E-state index in [1.54, 1.807) is 13.0 Å². The van der Waals surface area contributed by atoms with Gasteiger partial charge in [0.2, 0.25) is 10.0 Å². The average molecular weight is 406 g/mol. The quantitative estimate of drug-likeness (QED) is 0.693. The molecule has 1 aromatic heterocycles. The van der Waals surface area contributed by atoms with Gasteiger partial charge in [0, 0.05) is 18.8 Å². The Bertz CT molecular complexity index is 916. The molecule has 2 aliphatic heterocycles. The molecule has 0 unspecified atom stereocenters. The number of sulfonamides is 1. The predicted molar refractivity (Wildman–Crippen MR) is 106 cm³/mol. The number of piperidine rings is 2. The number of rotatable bonds is 4. The van der Waals surface area contributed by atoms with E-state index >= 15 is 0 Å². The molecule has 152 valence electrons. The molecule has 3 heterocycles. The third-order valence-electron chi connectivity index (χ3n) is 6.13. The number of hydrogen-bond acceptors (Lipinski definition) is 7. The number of tetrazole rings is 1. The van der Waals surface area contributed by atoms with Crippen molar-refractivity contribution in [2.24, 2.45) is 17.0 Å². The van der Waals surface area contributed by atoms with Crippen LogP contribution in [0.4, 0.5) is 5.69 Å². The van der Waals surface area contributed by atoms with Crippen molar-refractivity contribution in [3.63, 3.8) is 0 Å². The summed E-state index contributed by atoms with van der Waals surface area (Å²) >= 11 is 0. The number of nitrogens with zero attached hydrogens (tertiary/aromatic N) is 4. The van der Waals surface area contributed by atoms with Crippen molar-refractivity contribution in [2.75, 3.05) is 31.1 Å². The predicted octanol–water partition coefficient (Wildman–Crippen LogP) is 1.04. The van der Waals surface area contributed by atoms with Crippen LogP contribution < -0.4 is 15.4 Å². The minimum Gasteiger partial charge on any atom is -0.371 e. The molecule has 2 fully saturated rings. The van der Waals surface area contributed by atoms with Crippen molar-refractivity contribution in [2.45, 2.75) is 37.5 Å². The lowest BCUT2D eigenvalue weighted by Crippen LogP contribution is -2.39. The van der Waals surface area contributed by atoms with Gasteiger partial charge in [-0.1, -0.05) is 6.07 Å². The second kappa shape index (κ2) is 7.76. The van der Waals surface area contributed by atoms with E-state index in [4.69, 9.17) is 5.14 Å². The second-order valence-electron chi connectivity index (χ2n) is 7.81. The average Bonchev–Trinajstić information content (AvgIpc) is 3.22. The summed E-state index contributed by atoms with van der Waals surface area (Å²) in [4.78, 5) is 2.33. The number of nitrogens with two attached hydrogens (primary N) is 1. The molecular weight excluding hydrogens is 378 g/mol. The maximum Gasteiger partial charge on any atom is 0.239 e. The summed E-state index contributed by atoms with van der Waals surface area (Å²) < 4.78 is 24.7. The Kier molecular flexibility index (Phi) is 5.35. The molecule has 4 rings (SSSR count). The van der Waals surface area contributed by atoms with Crippen LogP contribution in [0.15, 0.2) is 17.0 Å². The highest BCUT2D eigenvalue weighted by atomic mass is 32.2. The largest absolute Gasteiger partial charge is 0.371 e. The monoisotopic (exact) mass is 405 g/mol. The summed E-state index contributed by atoms with van der Waals surface area (Å²) in [5.41, 5.74) is 1.87. The highest BCUT2D eigenvalue weighted by molar-refractivity contribution is 7.89. The molecule has 28 heavy (non-hydrogen) atoms. The molecule has 4 N–H and O–H groups in total. The first kappa shape index (κ1) is 19.3. The van der Waals surface area contributed by atoms with E-state index in [0.717, 1.165) is 56.5 Å². The molecule has 10 heteroatoms. The molecular formula is C18H27N7O2S. The first-order valence-corrected chi connectivity index (χ1v) is 11.4. The summed E-state index contributed by atoms with van der Waals surface area (Å²) in [6.45, 7) is 5.74. The zero-order valence-electron chi connectivity index (χ0n) is 16.1. The maximum atomic E-state index is 12.3. The number of H-pyrrole nitrogens is 1. The third kappa shape index (κ3) is 3.76. The number of benzene rings is 1. The van der Waals surface area contributed by atoms with E-state index in [0.29, 0.717) is 17.0 Å². The molecule has 9 nitrogen and oxygen atoms in total. The number of aromatic nitrogens is 4. The van der Waals surface area contributed by atoms with Crippen LogP contribution in [0.2, 0.25) is 0 Å². The lowest BCUT2D eigenvalue weighted by molar-refractivity contribution is 0.222. The highest BCUT2D eigenvalue weighted by Crippen LogP contribution is 2.39. The fourth-order valence-corrected chi connectivity index (χ4v) is 5.73. The van der Waals surface area contributed by atoms with Gasteiger partial charge in [0.15, 0.2) is 5.82 Å². The normalized spacial score (nSPS) is 19.9. The summed E-state index contributed by atoms with van der Waals surface area (Å²) in [7, 11) is -3.93. The lowest BCUT2D eigenvalue weighted by atomic mass is 9.79. The van der Waals surface area contributed by atoms with Gasteiger partial charge in [-0.05, 0) is 79.6 Å². The van der Waals surface area contributed by atoms with Crippen molar-refractivity contribution >= 4 is 15.7 Å². The van der Waals surface area contributed by atoms with E-state index in [1.165, 1.54) is 12.8 Å². The van der Waals surface area contributed by atoms with Crippen LogP contribution in [0.25, 0.3) is 11.4 Å². The van der Waals surface area contributed by atoms with Crippen molar-refractivity contribution < 1.29 is 8.42 Å². The molecule has 0 radical (unpaired) electrons. The molecule has 0 saturated carbocycles. The smallest absolute Gasteiger partial charge is 0.239 e.